The molecular weight excluding hydrogens is 608 g/mol. The summed E-state index contributed by atoms with van der Waals surface area (Å²) < 4.78 is 29.9. The van der Waals surface area contributed by atoms with Crippen LogP contribution in [0.2, 0.25) is 0 Å². The number of aliphatic hydroxyl groups is 8. The van der Waals surface area contributed by atoms with Crippen LogP contribution < -0.4 is 0 Å². The van der Waals surface area contributed by atoms with Crippen molar-refractivity contribution in [2.75, 3.05) is 79.3 Å². The lowest BCUT2D eigenvalue weighted by Crippen LogP contribution is -2.23. The predicted molar refractivity (Wildman–Crippen MR) is 177 cm³/mol. The quantitative estimate of drug-likeness (QED) is 0.0916. The monoisotopic (exact) mass is 680 g/mol. The molecule has 10 unspecified atom stereocenters. The Hall–Kier alpha value is -0.560. The van der Waals surface area contributed by atoms with Crippen LogP contribution in [0.4, 0.5) is 0 Å². The lowest BCUT2D eigenvalue weighted by atomic mass is 10.2. The van der Waals surface area contributed by atoms with Gasteiger partial charge in [-0.2, -0.15) is 0 Å². The summed E-state index contributed by atoms with van der Waals surface area (Å²) in [5.74, 6) is 0.331. The van der Waals surface area contributed by atoms with Crippen LogP contribution in [0.3, 0.4) is 0 Å². The summed E-state index contributed by atoms with van der Waals surface area (Å²) in [5, 5.41) is 68.4. The molecule has 10 atom stereocenters. The molecule has 0 saturated carbocycles. The van der Waals surface area contributed by atoms with Gasteiger partial charge in [0.25, 0.3) is 0 Å². The molecule has 2 saturated heterocycles. The van der Waals surface area contributed by atoms with Crippen molar-refractivity contribution in [2.45, 2.75) is 118 Å². The standard InChI is InChI=1S/C9H20O4.2C7H16O3.C3H8O2.2C3H6O/c1-7(10)4-12-6-9(3)13-5-8(2)11;2*1-6(3-8)4-10-5-7(2)9;1-3(5)2-4;2*1-3-2-4-3/h7-11H,4-6H2,1-3H3;2*6-9H,3-5H2,1-2H3;3-5H,2H2,1H3;2*3H,2H2,1H3. The maximum atomic E-state index is 8.91. The Balaban J connectivity index is -0.000000242. The highest BCUT2D eigenvalue weighted by atomic mass is 16.6. The molecule has 2 aliphatic rings. The van der Waals surface area contributed by atoms with Gasteiger partial charge >= 0.3 is 0 Å². The molecule has 0 amide bonds. The van der Waals surface area contributed by atoms with Crippen molar-refractivity contribution in [3.8, 4) is 0 Å². The van der Waals surface area contributed by atoms with Gasteiger partial charge in [0.1, 0.15) is 0 Å². The molecule has 8 N–H and O–H groups in total. The summed E-state index contributed by atoms with van der Waals surface area (Å²) in [6, 6.07) is 0. The van der Waals surface area contributed by atoms with Crippen LogP contribution in [0.5, 0.6) is 0 Å². The minimum absolute atomic E-state index is 0.0478. The number of hydrogen-bond donors (Lipinski definition) is 8. The van der Waals surface area contributed by atoms with E-state index < -0.39 is 30.5 Å². The van der Waals surface area contributed by atoms with E-state index in [-0.39, 0.29) is 37.8 Å². The van der Waals surface area contributed by atoms with Gasteiger partial charge in [0.2, 0.25) is 0 Å². The zero-order valence-electron chi connectivity index (χ0n) is 30.3. The summed E-state index contributed by atoms with van der Waals surface area (Å²) >= 11 is 0. The summed E-state index contributed by atoms with van der Waals surface area (Å²) in [6.07, 6.45) is -1.15. The maximum Gasteiger partial charge on any atom is 0.0781 e. The molecule has 0 aromatic heterocycles. The minimum atomic E-state index is -0.560. The van der Waals surface area contributed by atoms with Crippen LogP contribution in [0, 0.1) is 11.8 Å². The molecule has 284 valence electrons. The van der Waals surface area contributed by atoms with Crippen LogP contribution in [-0.4, -0.2) is 169 Å². The number of epoxide rings is 2. The minimum Gasteiger partial charge on any atom is -0.396 e. The van der Waals surface area contributed by atoms with Crippen molar-refractivity contribution in [1.82, 2.24) is 0 Å². The summed E-state index contributed by atoms with van der Waals surface area (Å²) in [6.45, 7) is 22.9. The van der Waals surface area contributed by atoms with Crippen molar-refractivity contribution in [1.29, 1.82) is 0 Å². The first kappa shape index (κ1) is 52.3. The van der Waals surface area contributed by atoms with Gasteiger partial charge < -0.3 is 69.3 Å². The predicted octanol–water partition coefficient (Wildman–Crippen LogP) is 0.364. The second-order valence-electron chi connectivity index (χ2n) is 12.0. The topological polar surface area (TPSA) is 224 Å². The summed E-state index contributed by atoms with van der Waals surface area (Å²) in [5.41, 5.74) is 0. The Kier molecular flexibility index (Phi) is 42.3. The zero-order valence-corrected chi connectivity index (χ0v) is 30.3. The van der Waals surface area contributed by atoms with Crippen molar-refractivity contribution < 1.29 is 69.3 Å². The molecular formula is C32H72O14. The molecule has 2 aliphatic heterocycles. The van der Waals surface area contributed by atoms with Gasteiger partial charge in [-0.05, 0) is 55.4 Å². The molecule has 46 heavy (non-hydrogen) atoms. The fourth-order valence-electron chi connectivity index (χ4n) is 1.93. The summed E-state index contributed by atoms with van der Waals surface area (Å²) in [4.78, 5) is 0. The van der Waals surface area contributed by atoms with Gasteiger partial charge in [-0.1, -0.05) is 13.8 Å². The molecule has 2 fully saturated rings. The molecule has 0 radical (unpaired) electrons. The first-order chi connectivity index (χ1) is 21.4. The van der Waals surface area contributed by atoms with Gasteiger partial charge in [-0.15, -0.1) is 0 Å². The van der Waals surface area contributed by atoms with Gasteiger partial charge in [-0.25, -0.2) is 0 Å². The van der Waals surface area contributed by atoms with Crippen molar-refractivity contribution in [3.63, 3.8) is 0 Å². The van der Waals surface area contributed by atoms with Gasteiger partial charge in [0, 0.05) is 25.0 Å². The molecule has 14 nitrogen and oxygen atoms in total. The largest absolute Gasteiger partial charge is 0.396 e. The Morgan fingerprint density at radius 2 is 0.739 bits per heavy atom. The fraction of sp³-hybridized carbons (Fsp3) is 1.00. The first-order valence-corrected chi connectivity index (χ1v) is 16.2. The van der Waals surface area contributed by atoms with Crippen molar-refractivity contribution in [2.24, 2.45) is 11.8 Å². The number of aliphatic hydroxyl groups excluding tert-OH is 8. The Morgan fingerprint density at radius 3 is 0.935 bits per heavy atom. The van der Waals surface area contributed by atoms with E-state index in [0.717, 1.165) is 13.2 Å². The van der Waals surface area contributed by atoms with Crippen molar-refractivity contribution in [3.05, 3.63) is 0 Å². The van der Waals surface area contributed by atoms with E-state index in [1.165, 1.54) is 6.92 Å². The number of ether oxygens (including phenoxy) is 6. The Morgan fingerprint density at radius 1 is 0.478 bits per heavy atom. The molecule has 2 rings (SSSR count). The SMILES string of the molecule is CC(O)CO.CC(O)COCC(C)CO.CC(O)COCC(C)CO.CC(O)COCC(C)OCC(C)O.CC1CO1.CC1CO1. The van der Waals surface area contributed by atoms with Crippen LogP contribution >= 0.6 is 0 Å². The van der Waals surface area contributed by atoms with Crippen molar-refractivity contribution >= 4 is 0 Å². The van der Waals surface area contributed by atoms with E-state index in [1.54, 1.807) is 27.7 Å². The van der Waals surface area contributed by atoms with Crippen LogP contribution in [-0.2, 0) is 28.4 Å². The van der Waals surface area contributed by atoms with Crippen LogP contribution in [0.25, 0.3) is 0 Å². The molecule has 0 aromatic rings. The highest BCUT2D eigenvalue weighted by molar-refractivity contribution is 4.58. The highest BCUT2D eigenvalue weighted by Gasteiger charge is 2.13. The van der Waals surface area contributed by atoms with E-state index in [2.05, 4.69) is 13.8 Å². The molecule has 0 bridgehead atoms. The van der Waals surface area contributed by atoms with E-state index >= 15 is 0 Å². The number of hydrogen-bond acceptors (Lipinski definition) is 14. The van der Waals surface area contributed by atoms with Gasteiger partial charge in [-0.3, -0.25) is 0 Å². The average molecular weight is 681 g/mol. The Labute approximate surface area is 278 Å². The molecule has 14 heteroatoms. The molecule has 0 aromatic carbocycles. The average Bonchev–Trinajstić information content (AvgIpc) is 3.92. The fourth-order valence-corrected chi connectivity index (χ4v) is 1.93. The van der Waals surface area contributed by atoms with E-state index in [4.69, 9.17) is 69.3 Å². The van der Waals surface area contributed by atoms with Gasteiger partial charge in [0.15, 0.2) is 0 Å². The van der Waals surface area contributed by atoms with E-state index in [0.29, 0.717) is 58.5 Å². The normalized spacial score (nSPS) is 21.0. The van der Waals surface area contributed by atoms with Crippen LogP contribution in [0.15, 0.2) is 0 Å². The summed E-state index contributed by atoms with van der Waals surface area (Å²) in [7, 11) is 0. The second kappa shape index (κ2) is 37.3. The molecule has 0 aliphatic carbocycles. The third-order valence-corrected chi connectivity index (χ3v) is 4.74. The second-order valence-corrected chi connectivity index (χ2v) is 12.0. The van der Waals surface area contributed by atoms with Gasteiger partial charge in [0.05, 0.1) is 115 Å². The zero-order chi connectivity index (χ0) is 36.5. The molecule has 2 heterocycles. The van der Waals surface area contributed by atoms with E-state index in [1.807, 2.05) is 20.8 Å². The third kappa shape index (κ3) is 66.0. The lowest BCUT2D eigenvalue weighted by Gasteiger charge is -2.15. The van der Waals surface area contributed by atoms with E-state index in [9.17, 15) is 0 Å². The first-order valence-electron chi connectivity index (χ1n) is 16.2. The molecule has 0 spiro atoms. The van der Waals surface area contributed by atoms with Crippen LogP contribution in [0.1, 0.15) is 69.2 Å². The smallest absolute Gasteiger partial charge is 0.0781 e. The highest BCUT2D eigenvalue weighted by Crippen LogP contribution is 2.04. The lowest BCUT2D eigenvalue weighted by molar-refractivity contribution is -0.0492. The Bertz CT molecular complexity index is 529. The number of rotatable bonds is 18. The third-order valence-electron chi connectivity index (χ3n) is 4.74. The maximum absolute atomic E-state index is 8.91.